The molecule has 51 heavy (non-hydrogen) atoms. The Hall–Kier alpha value is -1.14. The summed E-state index contributed by atoms with van der Waals surface area (Å²) in [6.45, 7) is 25.6. The summed E-state index contributed by atoms with van der Waals surface area (Å²) < 4.78 is 17.8. The Morgan fingerprint density at radius 3 is 1.29 bits per heavy atom. The molecule has 0 fully saturated rings. The number of hydrogen-bond acceptors (Lipinski definition) is 6. The van der Waals surface area contributed by atoms with Crippen LogP contribution in [-0.4, -0.2) is 62.4 Å². The maximum Gasteiger partial charge on any atom is 0.305 e. The van der Waals surface area contributed by atoms with Crippen molar-refractivity contribution in [2.45, 2.75) is 210 Å². The van der Waals surface area contributed by atoms with Crippen molar-refractivity contribution in [1.29, 1.82) is 0 Å². The molecule has 0 bridgehead atoms. The first-order valence-corrected chi connectivity index (χ1v) is 21.9. The van der Waals surface area contributed by atoms with Crippen LogP contribution in [0.4, 0.5) is 0 Å². The third-order valence-corrected chi connectivity index (χ3v) is 11.0. The monoisotopic (exact) mass is 724 g/mol. The lowest BCUT2D eigenvalue weighted by Gasteiger charge is -2.21. The molecule has 0 aliphatic carbocycles. The molecule has 304 valence electrons. The second kappa shape index (κ2) is 32.3. The molecule has 6 nitrogen and oxygen atoms in total. The zero-order valence-corrected chi connectivity index (χ0v) is 36.1. The molecule has 0 aliphatic heterocycles. The average Bonchev–Trinajstić information content (AvgIpc) is 3.05. The van der Waals surface area contributed by atoms with Gasteiger partial charge in [-0.1, -0.05) is 120 Å². The Labute approximate surface area is 318 Å². The van der Waals surface area contributed by atoms with Gasteiger partial charge in [0.1, 0.15) is 0 Å². The second-order valence-electron chi connectivity index (χ2n) is 17.7. The van der Waals surface area contributed by atoms with E-state index in [0.29, 0.717) is 73.7 Å². The molecule has 0 aromatic heterocycles. The zero-order valence-electron chi connectivity index (χ0n) is 36.1. The normalized spacial score (nSPS) is 14.0. The van der Waals surface area contributed by atoms with Gasteiger partial charge in [-0.2, -0.15) is 0 Å². The largest absolute Gasteiger partial charge is 0.465 e. The molecule has 0 radical (unpaired) electrons. The van der Waals surface area contributed by atoms with E-state index >= 15 is 0 Å². The van der Waals surface area contributed by atoms with E-state index in [0.717, 1.165) is 70.9 Å². The minimum absolute atomic E-state index is 0.0227. The van der Waals surface area contributed by atoms with Gasteiger partial charge in [0.15, 0.2) is 0 Å². The van der Waals surface area contributed by atoms with E-state index in [1.54, 1.807) is 0 Å². The van der Waals surface area contributed by atoms with Gasteiger partial charge >= 0.3 is 11.9 Å². The first kappa shape index (κ1) is 49.9. The zero-order chi connectivity index (χ0) is 38.4. The van der Waals surface area contributed by atoms with Crippen molar-refractivity contribution in [3.63, 3.8) is 0 Å². The van der Waals surface area contributed by atoms with Crippen molar-refractivity contribution in [2.24, 2.45) is 35.5 Å². The number of carbonyl (C=O) groups excluding carboxylic acids is 2. The summed E-state index contributed by atoms with van der Waals surface area (Å²) in [5, 5.41) is 0. The molecule has 6 heteroatoms. The van der Waals surface area contributed by atoms with Crippen molar-refractivity contribution in [3.8, 4) is 0 Å². The summed E-state index contributed by atoms with van der Waals surface area (Å²) in [7, 11) is 2.20. The molecular formula is C45H89NO5. The highest BCUT2D eigenvalue weighted by molar-refractivity contribution is 5.69. The Morgan fingerprint density at radius 1 is 0.490 bits per heavy atom. The Kier molecular flexibility index (Phi) is 31.6. The third-order valence-electron chi connectivity index (χ3n) is 11.0. The van der Waals surface area contributed by atoms with Crippen molar-refractivity contribution >= 4 is 11.9 Å². The van der Waals surface area contributed by atoms with Gasteiger partial charge in [-0.05, 0) is 114 Å². The number of ether oxygens (including phenoxy) is 3. The van der Waals surface area contributed by atoms with E-state index < -0.39 is 0 Å². The fourth-order valence-corrected chi connectivity index (χ4v) is 6.48. The summed E-state index contributed by atoms with van der Waals surface area (Å²) >= 11 is 0. The van der Waals surface area contributed by atoms with Gasteiger partial charge in [0.25, 0.3) is 0 Å². The molecule has 2 atom stereocenters. The number of hydrogen-bond donors (Lipinski definition) is 0. The predicted molar refractivity (Wildman–Crippen MR) is 218 cm³/mol. The van der Waals surface area contributed by atoms with Crippen LogP contribution in [0.1, 0.15) is 198 Å². The molecule has 0 saturated heterocycles. The van der Waals surface area contributed by atoms with Crippen molar-refractivity contribution in [2.75, 3.05) is 33.4 Å². The highest BCUT2D eigenvalue weighted by Gasteiger charge is 2.18. The van der Waals surface area contributed by atoms with E-state index in [2.05, 4.69) is 81.2 Å². The van der Waals surface area contributed by atoms with Crippen LogP contribution in [0, 0.1) is 35.5 Å². The lowest BCUT2D eigenvalue weighted by Crippen LogP contribution is -2.27. The molecule has 2 unspecified atom stereocenters. The van der Waals surface area contributed by atoms with Gasteiger partial charge < -0.3 is 19.1 Å². The van der Waals surface area contributed by atoms with Crippen LogP contribution in [0.3, 0.4) is 0 Å². The molecule has 0 N–H and O–H groups in total. The summed E-state index contributed by atoms with van der Waals surface area (Å²) in [6, 6.07) is 0.587. The Bertz CT molecular complexity index is 756. The third kappa shape index (κ3) is 31.0. The number of rotatable bonds is 35. The number of carbonyl (C=O) groups is 2. The smallest absolute Gasteiger partial charge is 0.305 e. The molecule has 0 aliphatic rings. The predicted octanol–water partition coefficient (Wildman–Crippen LogP) is 12.5. The summed E-state index contributed by atoms with van der Waals surface area (Å²) in [5.74, 6) is 3.37. The van der Waals surface area contributed by atoms with Crippen LogP contribution in [0.25, 0.3) is 0 Å². The molecule has 0 spiro atoms. The lowest BCUT2D eigenvalue weighted by molar-refractivity contribution is -0.146. The minimum Gasteiger partial charge on any atom is -0.465 e. The molecule has 0 saturated carbocycles. The number of nitrogens with zero attached hydrogens (tertiary/aromatic N) is 1. The number of unbranched alkanes of at least 4 members (excludes halogenated alkanes) is 9. The van der Waals surface area contributed by atoms with Crippen molar-refractivity contribution < 1.29 is 23.8 Å². The molecule has 0 amide bonds. The van der Waals surface area contributed by atoms with Gasteiger partial charge in [-0.3, -0.25) is 9.59 Å². The van der Waals surface area contributed by atoms with E-state index in [4.69, 9.17) is 14.2 Å². The van der Waals surface area contributed by atoms with Crippen LogP contribution in [0.2, 0.25) is 0 Å². The maximum atomic E-state index is 12.4. The van der Waals surface area contributed by atoms with Gasteiger partial charge in [0.2, 0.25) is 0 Å². The van der Waals surface area contributed by atoms with E-state index in [9.17, 15) is 9.59 Å². The Balaban J connectivity index is 4.35. The first-order chi connectivity index (χ1) is 24.2. The Morgan fingerprint density at radius 2 is 0.902 bits per heavy atom. The van der Waals surface area contributed by atoms with Crippen LogP contribution in [0.15, 0.2) is 0 Å². The van der Waals surface area contributed by atoms with Crippen molar-refractivity contribution in [3.05, 3.63) is 0 Å². The molecular weight excluding hydrogens is 634 g/mol. The number of esters is 2. The summed E-state index contributed by atoms with van der Waals surface area (Å²) in [5.41, 5.74) is 0. The summed E-state index contributed by atoms with van der Waals surface area (Å²) in [4.78, 5) is 27.1. The fraction of sp³-hybridized carbons (Fsp3) is 0.956. The average molecular weight is 724 g/mol. The van der Waals surface area contributed by atoms with Crippen LogP contribution >= 0.6 is 0 Å². The first-order valence-electron chi connectivity index (χ1n) is 21.9. The quantitative estimate of drug-likeness (QED) is 0.0479. The van der Waals surface area contributed by atoms with Crippen LogP contribution in [0.5, 0.6) is 0 Å². The van der Waals surface area contributed by atoms with Gasteiger partial charge in [-0.15, -0.1) is 0 Å². The lowest BCUT2D eigenvalue weighted by atomic mass is 9.89. The highest BCUT2D eigenvalue weighted by Crippen LogP contribution is 2.23. The molecule has 0 aromatic carbocycles. The van der Waals surface area contributed by atoms with Gasteiger partial charge in [0, 0.05) is 25.5 Å². The summed E-state index contributed by atoms with van der Waals surface area (Å²) in [6.07, 6.45) is 21.8. The molecule has 0 heterocycles. The standard InChI is InChI=1S/C45H89NO5/c1-36(2)28-30-41(38(5)6)34-50-44(47)26-20-16-12-14-18-24-43(49-33-23-22-32-46(11)40(9)10)25-19-15-13-17-21-27-45(48)51-35-42(39(7)8)31-29-37(3)4/h36-43H,12-35H2,1-11H3. The van der Waals surface area contributed by atoms with Crippen LogP contribution in [-0.2, 0) is 23.8 Å². The maximum absolute atomic E-state index is 12.4. The molecule has 0 aromatic rings. The van der Waals surface area contributed by atoms with E-state index in [1.807, 2.05) is 0 Å². The fourth-order valence-electron chi connectivity index (χ4n) is 6.48. The molecule has 0 rings (SSSR count). The second-order valence-corrected chi connectivity index (χ2v) is 17.7. The van der Waals surface area contributed by atoms with Gasteiger partial charge in [0.05, 0.1) is 19.3 Å². The van der Waals surface area contributed by atoms with Gasteiger partial charge in [-0.25, -0.2) is 0 Å². The van der Waals surface area contributed by atoms with E-state index in [-0.39, 0.29) is 11.9 Å². The van der Waals surface area contributed by atoms with Crippen molar-refractivity contribution in [1.82, 2.24) is 4.90 Å². The minimum atomic E-state index is -0.0227. The topological polar surface area (TPSA) is 65.1 Å². The SMILES string of the molecule is CC(C)CCC(COC(=O)CCCCCCCC(CCCCCCCC(=O)OCC(CCC(C)C)C(C)C)OCCCCN(C)C(C)C)C(C)C. The van der Waals surface area contributed by atoms with Crippen LogP contribution < -0.4 is 0 Å². The van der Waals surface area contributed by atoms with E-state index in [1.165, 1.54) is 57.8 Å². The highest BCUT2D eigenvalue weighted by atomic mass is 16.5.